The predicted molar refractivity (Wildman–Crippen MR) is 113 cm³/mol. The average molecular weight is 408 g/mol. The van der Waals surface area contributed by atoms with Gasteiger partial charge in [0.15, 0.2) is 5.96 Å². The van der Waals surface area contributed by atoms with E-state index in [1.807, 2.05) is 18.2 Å². The van der Waals surface area contributed by atoms with Gasteiger partial charge in [-0.05, 0) is 31.0 Å². The number of guanidine groups is 1. The maximum atomic E-state index is 6.17. The summed E-state index contributed by atoms with van der Waals surface area (Å²) >= 11 is 7.88. The van der Waals surface area contributed by atoms with Crippen molar-refractivity contribution in [3.8, 4) is 5.75 Å². The first kappa shape index (κ1) is 19.8. The number of aryl methyl sites for hydroxylation is 1. The van der Waals surface area contributed by atoms with Crippen molar-refractivity contribution in [2.75, 3.05) is 32.1 Å². The third kappa shape index (κ3) is 5.05. The number of halogens is 1. The average Bonchev–Trinajstić information content (AvgIpc) is 3.34. The number of hydrogen-bond acceptors (Lipinski definition) is 5. The van der Waals surface area contributed by atoms with Gasteiger partial charge in [0.1, 0.15) is 5.75 Å². The molecule has 0 saturated carbocycles. The van der Waals surface area contributed by atoms with Gasteiger partial charge in [-0.25, -0.2) is 4.98 Å². The lowest BCUT2D eigenvalue weighted by Crippen LogP contribution is -2.44. The van der Waals surface area contributed by atoms with Gasteiger partial charge in [-0.2, -0.15) is 0 Å². The Kier molecular flexibility index (Phi) is 6.79. The second kappa shape index (κ2) is 9.28. The SMILES string of the molecule is CCc1nc(CNC(=NC)NC2CCN(c3cc(Cl)ccc3OC)C2)cs1. The zero-order chi connectivity index (χ0) is 19.2. The van der Waals surface area contributed by atoms with Gasteiger partial charge in [-0.15, -0.1) is 11.3 Å². The highest BCUT2D eigenvalue weighted by atomic mass is 35.5. The lowest BCUT2D eigenvalue weighted by molar-refractivity contribution is 0.415. The Hall–Kier alpha value is -1.99. The molecular formula is C19H26ClN5OS. The molecule has 3 rings (SSSR count). The highest BCUT2D eigenvalue weighted by molar-refractivity contribution is 7.09. The van der Waals surface area contributed by atoms with Gasteiger partial charge in [-0.3, -0.25) is 4.99 Å². The number of aliphatic imine (C=N–C) groups is 1. The van der Waals surface area contributed by atoms with Gasteiger partial charge in [0, 0.05) is 36.6 Å². The predicted octanol–water partition coefficient (Wildman–Crippen LogP) is 3.31. The van der Waals surface area contributed by atoms with Crippen molar-refractivity contribution in [3.63, 3.8) is 0 Å². The summed E-state index contributed by atoms with van der Waals surface area (Å²) in [6.07, 6.45) is 2.00. The first-order valence-electron chi connectivity index (χ1n) is 9.11. The van der Waals surface area contributed by atoms with Crippen LogP contribution in [-0.2, 0) is 13.0 Å². The van der Waals surface area contributed by atoms with Gasteiger partial charge in [0.2, 0.25) is 0 Å². The zero-order valence-electron chi connectivity index (χ0n) is 16.0. The molecule has 1 aromatic carbocycles. The van der Waals surface area contributed by atoms with Crippen LogP contribution in [0.15, 0.2) is 28.6 Å². The van der Waals surface area contributed by atoms with Gasteiger partial charge in [0.05, 0.1) is 30.0 Å². The van der Waals surface area contributed by atoms with Crippen LogP contribution < -0.4 is 20.3 Å². The maximum Gasteiger partial charge on any atom is 0.191 e. The number of nitrogens with zero attached hydrogens (tertiary/aromatic N) is 3. The van der Waals surface area contributed by atoms with Crippen LogP contribution in [0.1, 0.15) is 24.0 Å². The number of thiazole rings is 1. The third-order valence-corrected chi connectivity index (χ3v) is 5.85. The molecule has 8 heteroatoms. The molecule has 2 N–H and O–H groups in total. The normalized spacial score (nSPS) is 17.3. The van der Waals surface area contributed by atoms with Crippen LogP contribution in [0.2, 0.25) is 5.02 Å². The smallest absolute Gasteiger partial charge is 0.191 e. The Balaban J connectivity index is 1.56. The summed E-state index contributed by atoms with van der Waals surface area (Å²) < 4.78 is 5.49. The molecule has 0 amide bonds. The van der Waals surface area contributed by atoms with E-state index in [2.05, 4.69) is 37.8 Å². The number of ether oxygens (including phenoxy) is 1. The summed E-state index contributed by atoms with van der Waals surface area (Å²) in [4.78, 5) is 11.2. The molecule has 1 aliphatic rings. The lowest BCUT2D eigenvalue weighted by atomic mass is 10.2. The van der Waals surface area contributed by atoms with Crippen molar-refractivity contribution >= 4 is 34.6 Å². The zero-order valence-corrected chi connectivity index (χ0v) is 17.5. The number of benzene rings is 1. The second-order valence-corrected chi connectivity index (χ2v) is 7.78. The molecule has 0 bridgehead atoms. The standard InChI is InChI=1S/C19H26ClN5OS/c1-4-18-23-15(12-27-18)10-22-19(21-2)24-14-7-8-25(11-14)16-9-13(20)5-6-17(16)26-3/h5-6,9,12,14H,4,7-8,10-11H2,1-3H3,(H2,21,22,24). The molecule has 0 spiro atoms. The largest absolute Gasteiger partial charge is 0.495 e. The van der Waals surface area contributed by atoms with Crippen LogP contribution in [0.3, 0.4) is 0 Å². The van der Waals surface area contributed by atoms with Crippen molar-refractivity contribution < 1.29 is 4.74 Å². The molecular weight excluding hydrogens is 382 g/mol. The Morgan fingerprint density at radius 3 is 3.04 bits per heavy atom. The van der Waals surface area contributed by atoms with Crippen LogP contribution in [0.4, 0.5) is 5.69 Å². The van der Waals surface area contributed by atoms with E-state index in [9.17, 15) is 0 Å². The Bertz CT molecular complexity index is 794. The van der Waals surface area contributed by atoms with E-state index < -0.39 is 0 Å². The summed E-state index contributed by atoms with van der Waals surface area (Å²) in [5, 5.41) is 10.8. The van der Waals surface area contributed by atoms with Gasteiger partial charge in [-0.1, -0.05) is 18.5 Å². The Morgan fingerprint density at radius 2 is 2.33 bits per heavy atom. The van der Waals surface area contributed by atoms with E-state index in [0.29, 0.717) is 12.6 Å². The van der Waals surface area contributed by atoms with E-state index in [1.165, 1.54) is 0 Å². The quantitative estimate of drug-likeness (QED) is 0.568. The van der Waals surface area contributed by atoms with E-state index in [1.54, 1.807) is 25.5 Å². The second-order valence-electron chi connectivity index (χ2n) is 6.40. The topological polar surface area (TPSA) is 61.8 Å². The Labute approximate surface area is 169 Å². The number of aromatic nitrogens is 1. The van der Waals surface area contributed by atoms with Crippen molar-refractivity contribution in [1.29, 1.82) is 0 Å². The fourth-order valence-electron chi connectivity index (χ4n) is 3.16. The summed E-state index contributed by atoms with van der Waals surface area (Å²) in [5.74, 6) is 1.64. The van der Waals surface area contributed by atoms with Crippen LogP contribution in [-0.4, -0.2) is 44.2 Å². The molecule has 1 atom stereocenters. The molecule has 1 aromatic heterocycles. The van der Waals surface area contributed by atoms with Crippen LogP contribution in [0.5, 0.6) is 5.75 Å². The Morgan fingerprint density at radius 1 is 1.48 bits per heavy atom. The van der Waals surface area contributed by atoms with E-state index in [-0.39, 0.29) is 0 Å². The minimum Gasteiger partial charge on any atom is -0.495 e. The molecule has 2 heterocycles. The molecule has 1 fully saturated rings. The van der Waals surface area contributed by atoms with Crippen molar-refractivity contribution in [2.24, 2.45) is 4.99 Å². The minimum absolute atomic E-state index is 0.307. The molecule has 2 aromatic rings. The maximum absolute atomic E-state index is 6.17. The van der Waals surface area contributed by atoms with Crippen molar-refractivity contribution in [1.82, 2.24) is 15.6 Å². The molecule has 1 aliphatic heterocycles. The highest BCUT2D eigenvalue weighted by Crippen LogP contribution is 2.33. The van der Waals surface area contributed by atoms with Gasteiger partial charge < -0.3 is 20.3 Å². The summed E-state index contributed by atoms with van der Waals surface area (Å²) in [6.45, 7) is 4.61. The first-order chi connectivity index (χ1) is 13.1. The fourth-order valence-corrected chi connectivity index (χ4v) is 4.07. The van der Waals surface area contributed by atoms with E-state index in [4.69, 9.17) is 16.3 Å². The molecule has 27 heavy (non-hydrogen) atoms. The van der Waals surface area contributed by atoms with Crippen molar-refractivity contribution in [2.45, 2.75) is 32.4 Å². The molecule has 1 saturated heterocycles. The van der Waals surface area contributed by atoms with Crippen LogP contribution >= 0.6 is 22.9 Å². The van der Waals surface area contributed by atoms with E-state index >= 15 is 0 Å². The highest BCUT2D eigenvalue weighted by Gasteiger charge is 2.25. The molecule has 6 nitrogen and oxygen atoms in total. The number of rotatable bonds is 6. The number of hydrogen-bond donors (Lipinski definition) is 2. The van der Waals surface area contributed by atoms with Gasteiger partial charge in [0.25, 0.3) is 0 Å². The molecule has 1 unspecified atom stereocenters. The molecule has 0 aliphatic carbocycles. The number of methoxy groups -OCH3 is 1. The summed E-state index contributed by atoms with van der Waals surface area (Å²) in [6, 6.07) is 6.03. The van der Waals surface area contributed by atoms with Crippen molar-refractivity contribution in [3.05, 3.63) is 39.3 Å². The monoisotopic (exact) mass is 407 g/mol. The van der Waals surface area contributed by atoms with Crippen LogP contribution in [0.25, 0.3) is 0 Å². The first-order valence-corrected chi connectivity index (χ1v) is 10.4. The lowest BCUT2D eigenvalue weighted by Gasteiger charge is -2.22. The minimum atomic E-state index is 0.307. The van der Waals surface area contributed by atoms with Crippen LogP contribution in [0, 0.1) is 0 Å². The number of anilines is 1. The van der Waals surface area contributed by atoms with Gasteiger partial charge >= 0.3 is 0 Å². The summed E-state index contributed by atoms with van der Waals surface area (Å²) in [7, 11) is 3.48. The fraction of sp³-hybridized carbons (Fsp3) is 0.474. The molecule has 0 radical (unpaired) electrons. The summed E-state index contributed by atoms with van der Waals surface area (Å²) in [5.41, 5.74) is 2.09. The third-order valence-electron chi connectivity index (χ3n) is 4.57. The molecule has 146 valence electrons. The van der Waals surface area contributed by atoms with E-state index in [0.717, 1.165) is 59.1 Å². The number of nitrogens with one attached hydrogen (secondary N) is 2.